The molecule has 0 spiro atoms. The topological polar surface area (TPSA) is 49.6 Å². The minimum Gasteiger partial charge on any atom is -0.368 e. The molecule has 1 amide bonds. The van der Waals surface area contributed by atoms with Crippen molar-refractivity contribution in [3.8, 4) is 0 Å². The van der Waals surface area contributed by atoms with E-state index in [4.69, 9.17) is 5.73 Å². The number of hydrogen-bond acceptors (Lipinski definition) is 3. The van der Waals surface area contributed by atoms with Crippen molar-refractivity contribution in [2.24, 2.45) is 11.7 Å². The molecule has 4 heteroatoms. The summed E-state index contributed by atoms with van der Waals surface area (Å²) in [7, 11) is 0. The van der Waals surface area contributed by atoms with Crippen LogP contribution in [0.3, 0.4) is 0 Å². The smallest absolute Gasteiger partial charge is 0.225 e. The van der Waals surface area contributed by atoms with Crippen LogP contribution in [0.5, 0.6) is 0 Å². The molecule has 1 unspecified atom stereocenters. The molecule has 2 N–H and O–H groups in total. The molecule has 1 aliphatic rings. The van der Waals surface area contributed by atoms with E-state index in [9.17, 15) is 4.79 Å². The standard InChI is InChI=1S/C16H25N3O/c1-13-4-3-5-15(12-13)18-8-10-19(11-9-18)16(20)14(2)6-7-17/h3-5,12,14H,6-11,17H2,1-2H3. The first-order chi connectivity index (χ1) is 9.61. The van der Waals surface area contributed by atoms with Crippen molar-refractivity contribution >= 4 is 11.6 Å². The number of nitrogens with two attached hydrogens (primary N) is 1. The summed E-state index contributed by atoms with van der Waals surface area (Å²) in [5, 5.41) is 0. The normalized spacial score (nSPS) is 17.1. The van der Waals surface area contributed by atoms with Gasteiger partial charge in [0, 0.05) is 37.8 Å². The van der Waals surface area contributed by atoms with E-state index in [-0.39, 0.29) is 11.8 Å². The zero-order valence-electron chi connectivity index (χ0n) is 12.5. The van der Waals surface area contributed by atoms with Crippen LogP contribution < -0.4 is 10.6 Å². The van der Waals surface area contributed by atoms with Crippen LogP contribution in [-0.2, 0) is 4.79 Å². The van der Waals surface area contributed by atoms with Crippen LogP contribution >= 0.6 is 0 Å². The highest BCUT2D eigenvalue weighted by Gasteiger charge is 2.24. The van der Waals surface area contributed by atoms with Gasteiger partial charge in [0.05, 0.1) is 0 Å². The Morgan fingerprint density at radius 3 is 2.60 bits per heavy atom. The SMILES string of the molecule is Cc1cccc(N2CCN(C(=O)C(C)CCN)CC2)c1. The quantitative estimate of drug-likeness (QED) is 0.908. The van der Waals surface area contributed by atoms with E-state index < -0.39 is 0 Å². The molecule has 1 heterocycles. The Morgan fingerprint density at radius 1 is 1.30 bits per heavy atom. The van der Waals surface area contributed by atoms with Crippen LogP contribution in [0.25, 0.3) is 0 Å². The van der Waals surface area contributed by atoms with Gasteiger partial charge in [0.15, 0.2) is 0 Å². The van der Waals surface area contributed by atoms with Crippen LogP contribution in [0, 0.1) is 12.8 Å². The van der Waals surface area contributed by atoms with Gasteiger partial charge >= 0.3 is 0 Å². The van der Waals surface area contributed by atoms with Crippen molar-refractivity contribution in [1.29, 1.82) is 0 Å². The molecule has 0 saturated carbocycles. The van der Waals surface area contributed by atoms with Crippen LogP contribution in [0.4, 0.5) is 5.69 Å². The van der Waals surface area contributed by atoms with Gasteiger partial charge in [0.25, 0.3) is 0 Å². The molecule has 1 atom stereocenters. The molecule has 20 heavy (non-hydrogen) atoms. The maximum Gasteiger partial charge on any atom is 0.225 e. The molecule has 0 aliphatic carbocycles. The number of aryl methyl sites for hydroxylation is 1. The monoisotopic (exact) mass is 275 g/mol. The summed E-state index contributed by atoms with van der Waals surface area (Å²) in [5.74, 6) is 0.296. The largest absolute Gasteiger partial charge is 0.368 e. The fourth-order valence-corrected chi connectivity index (χ4v) is 2.69. The summed E-state index contributed by atoms with van der Waals surface area (Å²) in [6.45, 7) is 8.09. The maximum absolute atomic E-state index is 12.2. The van der Waals surface area contributed by atoms with Crippen molar-refractivity contribution in [3.63, 3.8) is 0 Å². The van der Waals surface area contributed by atoms with E-state index >= 15 is 0 Å². The van der Waals surface area contributed by atoms with Gasteiger partial charge in [-0.1, -0.05) is 19.1 Å². The fraction of sp³-hybridized carbons (Fsp3) is 0.562. The van der Waals surface area contributed by atoms with Gasteiger partial charge in [-0.05, 0) is 37.6 Å². The summed E-state index contributed by atoms with van der Waals surface area (Å²) in [4.78, 5) is 16.6. The Bertz CT molecular complexity index is 453. The molecule has 0 bridgehead atoms. The maximum atomic E-state index is 12.2. The van der Waals surface area contributed by atoms with E-state index in [1.165, 1.54) is 11.3 Å². The van der Waals surface area contributed by atoms with Crippen LogP contribution in [0.1, 0.15) is 18.9 Å². The van der Waals surface area contributed by atoms with Crippen molar-refractivity contribution in [1.82, 2.24) is 4.90 Å². The minimum atomic E-state index is 0.0468. The van der Waals surface area contributed by atoms with Gasteiger partial charge in [-0.15, -0.1) is 0 Å². The Morgan fingerprint density at radius 2 is 2.00 bits per heavy atom. The zero-order valence-corrected chi connectivity index (χ0v) is 12.5. The first kappa shape index (κ1) is 14.9. The average Bonchev–Trinajstić information content (AvgIpc) is 2.47. The van der Waals surface area contributed by atoms with Gasteiger partial charge < -0.3 is 15.5 Å². The van der Waals surface area contributed by atoms with Gasteiger partial charge in [-0.25, -0.2) is 0 Å². The summed E-state index contributed by atoms with van der Waals surface area (Å²) in [6.07, 6.45) is 0.775. The molecule has 1 aromatic rings. The van der Waals surface area contributed by atoms with E-state index in [1.807, 2.05) is 11.8 Å². The summed E-state index contributed by atoms with van der Waals surface area (Å²) < 4.78 is 0. The highest BCUT2D eigenvalue weighted by molar-refractivity contribution is 5.78. The van der Waals surface area contributed by atoms with Gasteiger partial charge in [0.2, 0.25) is 5.91 Å². The number of benzene rings is 1. The molecule has 2 rings (SSSR count). The highest BCUT2D eigenvalue weighted by Crippen LogP contribution is 2.18. The summed E-state index contributed by atoms with van der Waals surface area (Å²) >= 11 is 0. The van der Waals surface area contributed by atoms with E-state index in [2.05, 4.69) is 36.1 Å². The molecule has 0 aromatic heterocycles. The van der Waals surface area contributed by atoms with Crippen molar-refractivity contribution in [2.75, 3.05) is 37.6 Å². The third-order valence-electron chi connectivity index (χ3n) is 3.98. The van der Waals surface area contributed by atoms with Gasteiger partial charge in [-0.2, -0.15) is 0 Å². The Balaban J connectivity index is 1.91. The molecule has 1 saturated heterocycles. The number of carbonyl (C=O) groups excluding carboxylic acids is 1. The third kappa shape index (κ3) is 3.51. The molecule has 1 aliphatic heterocycles. The van der Waals surface area contributed by atoms with Gasteiger partial charge in [0.1, 0.15) is 0 Å². The first-order valence-electron chi connectivity index (χ1n) is 7.42. The van der Waals surface area contributed by atoms with Crippen LogP contribution in [-0.4, -0.2) is 43.5 Å². The molecule has 4 nitrogen and oxygen atoms in total. The molecular formula is C16H25N3O. The van der Waals surface area contributed by atoms with Crippen LogP contribution in [0.2, 0.25) is 0 Å². The number of piperazine rings is 1. The van der Waals surface area contributed by atoms with E-state index in [0.29, 0.717) is 6.54 Å². The second-order valence-corrected chi connectivity index (χ2v) is 5.63. The molecule has 110 valence electrons. The van der Waals surface area contributed by atoms with Gasteiger partial charge in [-0.3, -0.25) is 4.79 Å². The van der Waals surface area contributed by atoms with Crippen molar-refractivity contribution in [3.05, 3.63) is 29.8 Å². The summed E-state index contributed by atoms with van der Waals surface area (Å²) in [5.41, 5.74) is 8.06. The fourth-order valence-electron chi connectivity index (χ4n) is 2.69. The molecular weight excluding hydrogens is 250 g/mol. The number of rotatable bonds is 4. The summed E-state index contributed by atoms with van der Waals surface area (Å²) in [6, 6.07) is 8.54. The minimum absolute atomic E-state index is 0.0468. The average molecular weight is 275 g/mol. The lowest BCUT2D eigenvalue weighted by atomic mass is 10.1. The van der Waals surface area contributed by atoms with Crippen molar-refractivity contribution < 1.29 is 4.79 Å². The highest BCUT2D eigenvalue weighted by atomic mass is 16.2. The second-order valence-electron chi connectivity index (χ2n) is 5.63. The van der Waals surface area contributed by atoms with Crippen LogP contribution in [0.15, 0.2) is 24.3 Å². The number of anilines is 1. The number of carbonyl (C=O) groups is 1. The Labute approximate surface area is 121 Å². The lowest BCUT2D eigenvalue weighted by Crippen LogP contribution is -2.50. The number of nitrogens with zero attached hydrogens (tertiary/aromatic N) is 2. The number of amides is 1. The molecule has 1 fully saturated rings. The van der Waals surface area contributed by atoms with E-state index in [0.717, 1.165) is 32.6 Å². The number of hydrogen-bond donors (Lipinski definition) is 1. The third-order valence-corrected chi connectivity index (χ3v) is 3.98. The predicted octanol–water partition coefficient (Wildman–Crippen LogP) is 1.63. The molecule has 1 aromatic carbocycles. The second kappa shape index (κ2) is 6.75. The first-order valence-corrected chi connectivity index (χ1v) is 7.42. The zero-order chi connectivity index (χ0) is 14.5. The Kier molecular flexibility index (Phi) is 5.01. The van der Waals surface area contributed by atoms with E-state index in [1.54, 1.807) is 0 Å². The lowest BCUT2D eigenvalue weighted by molar-refractivity contribution is -0.135. The predicted molar refractivity (Wildman–Crippen MR) is 82.8 cm³/mol. The lowest BCUT2D eigenvalue weighted by Gasteiger charge is -2.37. The molecule has 0 radical (unpaired) electrons. The Hall–Kier alpha value is -1.55. The van der Waals surface area contributed by atoms with Crippen molar-refractivity contribution in [2.45, 2.75) is 20.3 Å².